The molecule has 9 nitrogen and oxygen atoms in total. The Morgan fingerprint density at radius 3 is 2.32 bits per heavy atom. The van der Waals surface area contributed by atoms with Crippen molar-refractivity contribution in [1.29, 1.82) is 0 Å². The maximum Gasteiger partial charge on any atom is 0.333 e. The predicted molar refractivity (Wildman–Crippen MR) is 126 cm³/mol. The number of urea groups is 1. The fourth-order valence-electron chi connectivity index (χ4n) is 2.77. The Hall–Kier alpha value is -1.59. The summed E-state index contributed by atoms with van der Waals surface area (Å²) < 4.78 is 9.60. The molecule has 1 heterocycles. The second-order valence-electron chi connectivity index (χ2n) is 7.22. The summed E-state index contributed by atoms with van der Waals surface area (Å²) in [5.41, 5.74) is 5.11. The van der Waals surface area contributed by atoms with Crippen molar-refractivity contribution in [3.63, 3.8) is 0 Å². The van der Waals surface area contributed by atoms with Crippen molar-refractivity contribution in [1.82, 2.24) is 20.1 Å². The van der Waals surface area contributed by atoms with Crippen LogP contribution in [0.25, 0.3) is 0 Å². The van der Waals surface area contributed by atoms with Crippen molar-refractivity contribution in [2.24, 2.45) is 0 Å². The van der Waals surface area contributed by atoms with Gasteiger partial charge in [0.25, 0.3) is 0 Å². The number of hydrogen-bond acceptors (Lipinski definition) is 8. The molecule has 0 saturated heterocycles. The van der Waals surface area contributed by atoms with Crippen LogP contribution in [0.3, 0.4) is 0 Å². The molecule has 2 amide bonds. The van der Waals surface area contributed by atoms with E-state index in [1.54, 1.807) is 0 Å². The van der Waals surface area contributed by atoms with Gasteiger partial charge < -0.3 is 15.2 Å². The summed E-state index contributed by atoms with van der Waals surface area (Å²) in [6, 6.07) is -0.371. The lowest BCUT2D eigenvalue weighted by Gasteiger charge is -2.08. The Morgan fingerprint density at radius 2 is 1.65 bits per heavy atom. The first-order valence-corrected chi connectivity index (χ1v) is 12.9. The molecule has 178 valence electrons. The summed E-state index contributed by atoms with van der Waals surface area (Å²) in [6.07, 6.45) is 13.9. The third-order valence-electron chi connectivity index (χ3n) is 4.41. The standard InChI is InChI=1S/C20H37N5O4S2/c1-2-3-4-5-6-7-8-9-10-11-14-29-15-12-13-21-18(28)23-24-19-22-20(25-31-19)30-16-17(26)27/h2-16H2,1H3,(H,26,27)(H2,21,23,28)(H,22,24,25). The van der Waals surface area contributed by atoms with E-state index in [1.165, 1.54) is 57.8 Å². The van der Waals surface area contributed by atoms with E-state index in [9.17, 15) is 9.59 Å². The van der Waals surface area contributed by atoms with Gasteiger partial charge in [-0.25, -0.2) is 10.2 Å². The zero-order valence-corrected chi connectivity index (χ0v) is 20.1. The molecule has 31 heavy (non-hydrogen) atoms. The summed E-state index contributed by atoms with van der Waals surface area (Å²) in [7, 11) is 0. The Morgan fingerprint density at radius 1 is 1.00 bits per heavy atom. The van der Waals surface area contributed by atoms with Crippen LogP contribution >= 0.6 is 23.3 Å². The Balaban J connectivity index is 1.86. The number of rotatable bonds is 20. The predicted octanol–water partition coefficient (Wildman–Crippen LogP) is 4.67. The second-order valence-corrected chi connectivity index (χ2v) is 8.91. The summed E-state index contributed by atoms with van der Waals surface area (Å²) in [4.78, 5) is 26.3. The minimum atomic E-state index is -0.931. The molecule has 0 saturated carbocycles. The SMILES string of the molecule is CCCCCCCCCCCCOCCCNC(=O)NNc1nc(SCC(=O)O)ns1. The van der Waals surface area contributed by atoms with Crippen LogP contribution in [0.15, 0.2) is 5.16 Å². The van der Waals surface area contributed by atoms with Gasteiger partial charge in [-0.15, -0.1) is 0 Å². The maximum atomic E-state index is 11.7. The third-order valence-corrected chi connectivity index (χ3v) is 5.99. The van der Waals surface area contributed by atoms with Crippen molar-refractivity contribution < 1.29 is 19.4 Å². The molecular formula is C20H37N5O4S2. The average Bonchev–Trinajstić information content (AvgIpc) is 3.21. The van der Waals surface area contributed by atoms with Gasteiger partial charge in [-0.2, -0.15) is 9.36 Å². The summed E-state index contributed by atoms with van der Waals surface area (Å²) >= 11 is 2.07. The molecular weight excluding hydrogens is 438 g/mol. The monoisotopic (exact) mass is 475 g/mol. The average molecular weight is 476 g/mol. The number of carbonyl (C=O) groups excluding carboxylic acids is 1. The molecule has 1 rings (SSSR count). The number of carboxylic acid groups (broad SMARTS) is 1. The summed E-state index contributed by atoms with van der Waals surface area (Å²) in [5, 5.41) is 12.1. The van der Waals surface area contributed by atoms with Crippen LogP contribution < -0.4 is 16.2 Å². The van der Waals surface area contributed by atoms with E-state index in [0.717, 1.165) is 42.7 Å². The lowest BCUT2D eigenvalue weighted by Crippen LogP contribution is -2.39. The molecule has 0 bridgehead atoms. The van der Waals surface area contributed by atoms with E-state index in [2.05, 4.69) is 32.4 Å². The number of carboxylic acids is 1. The van der Waals surface area contributed by atoms with E-state index in [0.29, 0.717) is 23.4 Å². The van der Waals surface area contributed by atoms with Crippen LogP contribution in [0.2, 0.25) is 0 Å². The minimum absolute atomic E-state index is 0.106. The fourth-order valence-corrected chi connectivity index (χ4v) is 3.99. The largest absolute Gasteiger partial charge is 0.481 e. The molecule has 0 atom stereocenters. The number of aromatic nitrogens is 2. The summed E-state index contributed by atoms with van der Waals surface area (Å²) in [6.45, 7) is 4.18. The molecule has 0 fully saturated rings. The van der Waals surface area contributed by atoms with Crippen LogP contribution in [0, 0.1) is 0 Å². The fraction of sp³-hybridized carbons (Fsp3) is 0.800. The zero-order chi connectivity index (χ0) is 22.6. The highest BCUT2D eigenvalue weighted by Crippen LogP contribution is 2.19. The van der Waals surface area contributed by atoms with Gasteiger partial charge in [-0.1, -0.05) is 76.5 Å². The molecule has 0 aliphatic heterocycles. The minimum Gasteiger partial charge on any atom is -0.481 e. The Kier molecular flexibility index (Phi) is 16.9. The molecule has 0 aliphatic carbocycles. The number of amides is 2. The normalized spacial score (nSPS) is 10.7. The first-order chi connectivity index (χ1) is 15.1. The van der Waals surface area contributed by atoms with Gasteiger partial charge in [0.1, 0.15) is 0 Å². The highest BCUT2D eigenvalue weighted by atomic mass is 32.2. The van der Waals surface area contributed by atoms with E-state index in [-0.39, 0.29) is 11.8 Å². The quantitative estimate of drug-likeness (QED) is 0.122. The van der Waals surface area contributed by atoms with Gasteiger partial charge in [0.2, 0.25) is 10.3 Å². The number of nitrogens with zero attached hydrogens (tertiary/aromatic N) is 2. The van der Waals surface area contributed by atoms with Crippen LogP contribution in [-0.2, 0) is 9.53 Å². The number of ether oxygens (including phenoxy) is 1. The Labute approximate surface area is 193 Å². The van der Waals surface area contributed by atoms with E-state index in [1.807, 2.05) is 0 Å². The zero-order valence-electron chi connectivity index (χ0n) is 18.5. The van der Waals surface area contributed by atoms with Crippen LogP contribution in [-0.4, -0.2) is 52.0 Å². The topological polar surface area (TPSA) is 125 Å². The van der Waals surface area contributed by atoms with Crippen LogP contribution in [0.5, 0.6) is 0 Å². The number of hydrazine groups is 1. The smallest absolute Gasteiger partial charge is 0.333 e. The lowest BCUT2D eigenvalue weighted by atomic mass is 10.1. The number of aliphatic carboxylic acids is 1. The molecule has 0 unspecified atom stereocenters. The highest BCUT2D eigenvalue weighted by Gasteiger charge is 2.07. The number of hydrogen-bond donors (Lipinski definition) is 4. The first-order valence-electron chi connectivity index (χ1n) is 11.2. The van der Waals surface area contributed by atoms with Crippen molar-refractivity contribution >= 4 is 40.4 Å². The van der Waals surface area contributed by atoms with Crippen molar-refractivity contribution in [2.45, 2.75) is 82.7 Å². The van der Waals surface area contributed by atoms with E-state index < -0.39 is 5.97 Å². The first kappa shape index (κ1) is 27.4. The van der Waals surface area contributed by atoms with Crippen LogP contribution in [0.1, 0.15) is 77.6 Å². The maximum absolute atomic E-state index is 11.7. The van der Waals surface area contributed by atoms with Gasteiger partial charge in [0.15, 0.2) is 0 Å². The molecule has 0 radical (unpaired) electrons. The number of unbranched alkanes of at least 4 members (excludes halogenated alkanes) is 9. The molecule has 11 heteroatoms. The summed E-state index contributed by atoms with van der Waals surface area (Å²) in [5.74, 6) is -1.04. The molecule has 1 aromatic rings. The van der Waals surface area contributed by atoms with Gasteiger partial charge in [-0.3, -0.25) is 10.2 Å². The number of carbonyl (C=O) groups is 2. The molecule has 0 aromatic carbocycles. The van der Waals surface area contributed by atoms with Gasteiger partial charge in [0.05, 0.1) is 5.75 Å². The van der Waals surface area contributed by atoms with Crippen molar-refractivity contribution in [3.8, 4) is 0 Å². The van der Waals surface area contributed by atoms with Gasteiger partial charge in [-0.05, 0) is 12.8 Å². The number of thioether (sulfide) groups is 1. The molecule has 4 N–H and O–H groups in total. The van der Waals surface area contributed by atoms with E-state index in [4.69, 9.17) is 9.84 Å². The Bertz CT molecular complexity index is 604. The van der Waals surface area contributed by atoms with Gasteiger partial charge in [0, 0.05) is 31.3 Å². The second kappa shape index (κ2) is 19.1. The molecule has 0 aliphatic rings. The van der Waals surface area contributed by atoms with Crippen LogP contribution in [0.4, 0.5) is 9.93 Å². The van der Waals surface area contributed by atoms with Crippen molar-refractivity contribution in [2.75, 3.05) is 30.9 Å². The molecule has 1 aromatic heterocycles. The van der Waals surface area contributed by atoms with Gasteiger partial charge >= 0.3 is 12.0 Å². The molecule has 0 spiro atoms. The van der Waals surface area contributed by atoms with E-state index >= 15 is 0 Å². The third kappa shape index (κ3) is 16.7. The highest BCUT2D eigenvalue weighted by molar-refractivity contribution is 7.99. The number of nitrogens with one attached hydrogen (secondary N) is 3. The number of anilines is 1. The lowest BCUT2D eigenvalue weighted by molar-refractivity contribution is -0.133. The van der Waals surface area contributed by atoms with Crippen molar-refractivity contribution in [3.05, 3.63) is 0 Å².